The number of hydrogen-bond donors (Lipinski definition) is 1. The molecule has 1 N–H and O–H groups in total. The number of rotatable bonds is 6. The molecule has 2 saturated heterocycles. The van der Waals surface area contributed by atoms with Crippen molar-refractivity contribution in [3.8, 4) is 0 Å². The van der Waals surface area contributed by atoms with Gasteiger partial charge in [-0.2, -0.15) is 17.5 Å². The van der Waals surface area contributed by atoms with E-state index in [0.29, 0.717) is 44.5 Å². The number of sulfonamides is 1. The van der Waals surface area contributed by atoms with Gasteiger partial charge in [0.05, 0.1) is 24.2 Å². The lowest BCUT2D eigenvalue weighted by Crippen LogP contribution is -2.60. The maximum Gasteiger partial charge on any atom is 0.421 e. The Morgan fingerprint density at radius 2 is 1.92 bits per heavy atom. The van der Waals surface area contributed by atoms with Gasteiger partial charge in [0, 0.05) is 68.0 Å². The summed E-state index contributed by atoms with van der Waals surface area (Å²) in [5.74, 6) is 0.167. The van der Waals surface area contributed by atoms with E-state index in [4.69, 9.17) is 17.0 Å². The number of hydrogen-bond acceptors (Lipinski definition) is 9. The van der Waals surface area contributed by atoms with Crippen LogP contribution in [0.1, 0.15) is 25.8 Å². The van der Waals surface area contributed by atoms with E-state index in [9.17, 15) is 26.7 Å². The van der Waals surface area contributed by atoms with E-state index >= 15 is 0 Å². The Bertz CT molecular complexity index is 1170. The summed E-state index contributed by atoms with van der Waals surface area (Å²) in [6.07, 6.45) is 2.42. The summed E-state index contributed by atoms with van der Waals surface area (Å²) in [5, 5.41) is 9.96. The summed E-state index contributed by atoms with van der Waals surface area (Å²) in [6.45, 7) is 5.38. The molecule has 1 aromatic rings. The van der Waals surface area contributed by atoms with E-state index in [1.807, 2.05) is 11.8 Å². The van der Waals surface area contributed by atoms with Gasteiger partial charge in [-0.05, 0) is 19.9 Å². The van der Waals surface area contributed by atoms with Gasteiger partial charge in [0.25, 0.3) is 0 Å². The molecule has 0 spiro atoms. The highest BCUT2D eigenvalue weighted by molar-refractivity contribution is 7.96. The highest BCUT2D eigenvalue weighted by atomic mass is 32.2. The molecule has 37 heavy (non-hydrogen) atoms. The van der Waals surface area contributed by atoms with Gasteiger partial charge in [-0.1, -0.05) is 24.4 Å². The molecule has 0 aromatic carbocycles. The lowest BCUT2D eigenvalue weighted by molar-refractivity contribution is -0.259. The number of halogens is 3. The van der Waals surface area contributed by atoms with Gasteiger partial charge in [-0.3, -0.25) is 4.90 Å². The number of anilines is 1. The van der Waals surface area contributed by atoms with Crippen LogP contribution in [0.5, 0.6) is 0 Å². The molecule has 0 radical (unpaired) electrons. The Labute approximate surface area is 219 Å². The van der Waals surface area contributed by atoms with Crippen LogP contribution in [0.2, 0.25) is 0 Å². The molecule has 0 bridgehead atoms. The molecule has 0 unspecified atom stereocenters. The molecule has 9 nitrogen and oxygen atoms in total. The van der Waals surface area contributed by atoms with E-state index in [0.717, 1.165) is 12.4 Å². The van der Waals surface area contributed by atoms with E-state index in [1.165, 1.54) is 10.4 Å². The van der Waals surface area contributed by atoms with Crippen LogP contribution in [0.4, 0.5) is 19.1 Å². The first-order chi connectivity index (χ1) is 17.3. The van der Waals surface area contributed by atoms with Crippen LogP contribution in [0, 0.1) is 0 Å². The average Bonchev–Trinajstić information content (AvgIpc) is 2.85. The van der Waals surface area contributed by atoms with Crippen LogP contribution in [0.15, 0.2) is 35.5 Å². The van der Waals surface area contributed by atoms with Crippen molar-refractivity contribution in [3.05, 3.63) is 41.1 Å². The first-order valence-corrected chi connectivity index (χ1v) is 13.8. The Morgan fingerprint density at radius 3 is 2.54 bits per heavy atom. The SMILES string of the molecule is C[C@H]1COCCN1C[C@H]1CN(S(=O)(=O)C2=CC=CCC2=S)CCN1c1ncc([C@@](C)(O)C(F)(F)F)cn1. The Balaban J connectivity index is 1.61. The molecule has 4 rings (SSSR count). The first-order valence-electron chi connectivity index (χ1n) is 11.9. The van der Waals surface area contributed by atoms with Crippen molar-refractivity contribution in [2.75, 3.05) is 50.8 Å². The number of aliphatic hydroxyl groups is 1. The van der Waals surface area contributed by atoms with E-state index in [2.05, 4.69) is 14.9 Å². The van der Waals surface area contributed by atoms with Crippen molar-refractivity contribution in [3.63, 3.8) is 0 Å². The summed E-state index contributed by atoms with van der Waals surface area (Å²) in [5.41, 5.74) is -3.57. The molecule has 3 heterocycles. The number of piperazine rings is 1. The fraction of sp³-hybridized carbons (Fsp3) is 0.609. The summed E-state index contributed by atoms with van der Waals surface area (Å²) in [6, 6.07) is -0.280. The largest absolute Gasteiger partial charge is 0.421 e. The van der Waals surface area contributed by atoms with Crippen LogP contribution in [0.3, 0.4) is 0 Å². The number of aromatic nitrogens is 2. The summed E-state index contributed by atoms with van der Waals surface area (Å²) in [4.78, 5) is 12.8. The number of nitrogens with zero attached hydrogens (tertiary/aromatic N) is 5. The molecule has 0 saturated carbocycles. The van der Waals surface area contributed by atoms with Crippen molar-refractivity contribution in [1.82, 2.24) is 19.2 Å². The van der Waals surface area contributed by atoms with Gasteiger partial charge in [-0.15, -0.1) is 0 Å². The smallest absolute Gasteiger partial charge is 0.379 e. The number of alkyl halides is 3. The van der Waals surface area contributed by atoms with Gasteiger partial charge < -0.3 is 14.7 Å². The fourth-order valence-corrected chi connectivity index (χ4v) is 6.62. The van der Waals surface area contributed by atoms with E-state index in [-0.39, 0.29) is 42.6 Å². The van der Waals surface area contributed by atoms with Crippen LogP contribution in [-0.2, 0) is 20.4 Å². The molecule has 3 aliphatic rings. The van der Waals surface area contributed by atoms with Crippen molar-refractivity contribution in [1.29, 1.82) is 0 Å². The molecule has 2 aliphatic heterocycles. The second-order valence-corrected chi connectivity index (χ2v) is 12.0. The average molecular weight is 562 g/mol. The predicted molar refractivity (Wildman–Crippen MR) is 136 cm³/mol. The predicted octanol–water partition coefficient (Wildman–Crippen LogP) is 2.00. The number of morpholine rings is 1. The lowest BCUT2D eigenvalue weighted by Gasteiger charge is -2.44. The molecule has 3 atom stereocenters. The Kier molecular flexibility index (Phi) is 8.08. The zero-order valence-corrected chi connectivity index (χ0v) is 22.2. The maximum absolute atomic E-state index is 13.5. The highest BCUT2D eigenvalue weighted by Gasteiger charge is 2.51. The van der Waals surface area contributed by atoms with Crippen molar-refractivity contribution in [2.24, 2.45) is 0 Å². The molecule has 0 amide bonds. The number of thiocarbonyl (C=S) groups is 1. The number of allylic oxidation sites excluding steroid dienone is 4. The van der Waals surface area contributed by atoms with E-state index < -0.39 is 27.4 Å². The number of ether oxygens (including phenoxy) is 1. The molecule has 1 aromatic heterocycles. The third kappa shape index (κ3) is 5.73. The standard InChI is InChI=1S/C23H30F3N5O4S2/c1-16-15-35-10-9-29(16)13-18-14-30(37(33,34)20-6-4-3-5-19(20)36)7-8-31(18)21-27-11-17(12-28-21)22(2,32)23(24,25)26/h3-4,6,11-12,16,18,32H,5,7-10,13-15H2,1-2H3/t16-,18-,22+/m0/s1. The second-order valence-electron chi connectivity index (χ2n) is 9.56. The fourth-order valence-electron chi connectivity index (χ4n) is 4.55. The van der Waals surface area contributed by atoms with Gasteiger partial charge in [0.2, 0.25) is 16.0 Å². The topological polar surface area (TPSA) is 99.1 Å². The molecular weight excluding hydrogens is 531 g/mol. The van der Waals surface area contributed by atoms with Gasteiger partial charge >= 0.3 is 6.18 Å². The van der Waals surface area contributed by atoms with Gasteiger partial charge in [0.1, 0.15) is 0 Å². The summed E-state index contributed by atoms with van der Waals surface area (Å²) >= 11 is 5.31. The highest BCUT2D eigenvalue weighted by Crippen LogP contribution is 2.38. The van der Waals surface area contributed by atoms with Crippen molar-refractivity contribution < 1.29 is 31.4 Å². The van der Waals surface area contributed by atoms with Crippen LogP contribution < -0.4 is 4.90 Å². The zero-order valence-electron chi connectivity index (χ0n) is 20.6. The summed E-state index contributed by atoms with van der Waals surface area (Å²) < 4.78 is 73.6. The second kappa shape index (κ2) is 10.7. The van der Waals surface area contributed by atoms with E-state index in [1.54, 1.807) is 12.2 Å². The molecule has 1 aliphatic carbocycles. The zero-order chi connectivity index (χ0) is 27.0. The lowest BCUT2D eigenvalue weighted by atomic mass is 9.99. The third-order valence-corrected chi connectivity index (χ3v) is 9.45. The van der Waals surface area contributed by atoms with Gasteiger partial charge in [0.15, 0.2) is 5.60 Å². The quantitative estimate of drug-likeness (QED) is 0.523. The minimum absolute atomic E-state index is 0.103. The van der Waals surface area contributed by atoms with Gasteiger partial charge in [-0.25, -0.2) is 18.4 Å². The Morgan fingerprint density at radius 1 is 1.22 bits per heavy atom. The normalized spacial score (nSPS) is 26.2. The van der Waals surface area contributed by atoms with Crippen molar-refractivity contribution in [2.45, 2.75) is 44.1 Å². The molecular formula is C23H30F3N5O4S2. The van der Waals surface area contributed by atoms with Crippen LogP contribution in [0.25, 0.3) is 0 Å². The Hall–Kier alpha value is -1.97. The maximum atomic E-state index is 13.5. The summed E-state index contributed by atoms with van der Waals surface area (Å²) in [7, 11) is -3.84. The molecule has 204 valence electrons. The third-order valence-electron chi connectivity index (χ3n) is 6.98. The first kappa shape index (κ1) is 28.0. The minimum Gasteiger partial charge on any atom is -0.379 e. The molecule has 14 heteroatoms. The molecule has 2 fully saturated rings. The van der Waals surface area contributed by atoms with Crippen LogP contribution >= 0.6 is 12.2 Å². The van der Waals surface area contributed by atoms with Crippen molar-refractivity contribution >= 4 is 33.1 Å². The van der Waals surface area contributed by atoms with Crippen LogP contribution in [-0.4, -0.2) is 102 Å². The minimum atomic E-state index is -4.89. The monoisotopic (exact) mass is 561 g/mol.